The second kappa shape index (κ2) is 8.12. The van der Waals surface area contributed by atoms with Crippen molar-refractivity contribution in [2.24, 2.45) is 0 Å². The van der Waals surface area contributed by atoms with Gasteiger partial charge in [-0.2, -0.15) is 0 Å². The number of benzene rings is 5. The maximum Gasteiger partial charge on any atom is 0.123 e. The van der Waals surface area contributed by atoms with E-state index < -0.39 is 0 Å². The van der Waals surface area contributed by atoms with Gasteiger partial charge in [0.1, 0.15) is 5.75 Å². The zero-order chi connectivity index (χ0) is 22.2. The summed E-state index contributed by atoms with van der Waals surface area (Å²) in [5, 5.41) is 16.7. The summed E-state index contributed by atoms with van der Waals surface area (Å²) in [4.78, 5) is 0. The van der Waals surface area contributed by atoms with E-state index in [9.17, 15) is 5.11 Å². The molecule has 3 heteroatoms. The first-order chi connectivity index (χ1) is 16.3. The summed E-state index contributed by atoms with van der Waals surface area (Å²) in [6.45, 7) is 0. The van der Waals surface area contributed by atoms with E-state index in [4.69, 9.17) is 0 Å². The normalized spacial score (nSPS) is 11.2. The van der Waals surface area contributed by atoms with Gasteiger partial charge in [-0.1, -0.05) is 84.9 Å². The Morgan fingerprint density at radius 2 is 1.12 bits per heavy atom. The van der Waals surface area contributed by atoms with Crippen LogP contribution in [0.2, 0.25) is 0 Å². The lowest BCUT2D eigenvalue weighted by atomic mass is 10.00. The van der Waals surface area contributed by atoms with Gasteiger partial charge < -0.3 is 10.4 Å². The molecular weight excluding hydrogens is 422 g/mol. The van der Waals surface area contributed by atoms with Crippen molar-refractivity contribution in [1.82, 2.24) is 0 Å². The molecule has 1 heterocycles. The number of rotatable bonds is 4. The minimum absolute atomic E-state index is 0.273. The largest absolute Gasteiger partial charge is 0.507 e. The highest BCUT2D eigenvalue weighted by Gasteiger charge is 2.12. The molecule has 5 aromatic carbocycles. The Hall–Kier alpha value is -4.08. The van der Waals surface area contributed by atoms with E-state index in [1.807, 2.05) is 59.9 Å². The molecule has 0 saturated carbocycles. The molecule has 2 nitrogen and oxygen atoms in total. The van der Waals surface area contributed by atoms with Gasteiger partial charge in [0.15, 0.2) is 0 Å². The van der Waals surface area contributed by atoms with Gasteiger partial charge >= 0.3 is 0 Å². The fraction of sp³-hybridized carbons (Fsp3) is 0. The molecule has 0 radical (unpaired) electrons. The van der Waals surface area contributed by atoms with Crippen molar-refractivity contribution < 1.29 is 5.11 Å². The van der Waals surface area contributed by atoms with E-state index >= 15 is 0 Å². The Labute approximate surface area is 196 Å². The summed E-state index contributed by atoms with van der Waals surface area (Å²) in [6.07, 6.45) is 0. The van der Waals surface area contributed by atoms with E-state index in [-0.39, 0.29) is 5.75 Å². The van der Waals surface area contributed by atoms with Gasteiger partial charge in [0.2, 0.25) is 0 Å². The number of phenols is 1. The van der Waals surface area contributed by atoms with E-state index in [1.165, 1.54) is 25.7 Å². The summed E-state index contributed by atoms with van der Waals surface area (Å²) in [6, 6.07) is 39.2. The molecule has 6 rings (SSSR count). The van der Waals surface area contributed by atoms with E-state index in [2.05, 4.69) is 66.0 Å². The summed E-state index contributed by atoms with van der Waals surface area (Å²) >= 11 is 1.83. The predicted octanol–water partition coefficient (Wildman–Crippen LogP) is 8.84. The van der Waals surface area contributed by atoms with Crippen LogP contribution < -0.4 is 5.32 Å². The number of aromatic hydroxyl groups is 1. The fourth-order valence-electron chi connectivity index (χ4n) is 4.41. The van der Waals surface area contributed by atoms with Crippen molar-refractivity contribution in [3.63, 3.8) is 0 Å². The van der Waals surface area contributed by atoms with Crippen LogP contribution >= 0.6 is 11.3 Å². The number of hydrogen-bond donors (Lipinski definition) is 2. The van der Waals surface area contributed by atoms with Crippen LogP contribution in [0.3, 0.4) is 0 Å². The molecule has 0 amide bonds. The first-order valence-corrected chi connectivity index (χ1v) is 11.7. The maximum absolute atomic E-state index is 10.4. The second-order valence-corrected chi connectivity index (χ2v) is 9.13. The minimum atomic E-state index is 0.273. The van der Waals surface area contributed by atoms with Crippen LogP contribution in [0.15, 0.2) is 115 Å². The molecule has 6 aromatic rings. The number of anilines is 2. The lowest BCUT2D eigenvalue weighted by Gasteiger charge is -2.16. The summed E-state index contributed by atoms with van der Waals surface area (Å²) < 4.78 is 2.60. The Balaban J connectivity index is 1.44. The van der Waals surface area contributed by atoms with Crippen molar-refractivity contribution >= 4 is 42.9 Å². The second-order valence-electron chi connectivity index (χ2n) is 8.04. The first-order valence-electron chi connectivity index (χ1n) is 10.9. The number of fused-ring (bicyclic) bond motifs is 3. The molecule has 158 valence electrons. The Kier molecular flexibility index (Phi) is 4.82. The number of nitrogens with one attached hydrogen (secondary N) is 1. The number of hydrogen-bond acceptors (Lipinski definition) is 3. The van der Waals surface area contributed by atoms with Crippen LogP contribution in [0.1, 0.15) is 0 Å². The zero-order valence-corrected chi connectivity index (χ0v) is 18.6. The molecule has 0 aliphatic heterocycles. The van der Waals surface area contributed by atoms with Crippen molar-refractivity contribution in [2.75, 3.05) is 5.32 Å². The molecule has 0 saturated heterocycles. The average Bonchev–Trinajstić information content (AvgIpc) is 3.23. The number of thiophene rings is 1. The Morgan fingerprint density at radius 3 is 1.94 bits per heavy atom. The average molecular weight is 444 g/mol. The molecule has 0 fully saturated rings. The van der Waals surface area contributed by atoms with Gasteiger partial charge in [-0.15, -0.1) is 11.3 Å². The molecule has 0 aliphatic rings. The van der Waals surface area contributed by atoms with E-state index in [0.717, 1.165) is 28.1 Å². The molecule has 0 spiro atoms. The highest BCUT2D eigenvalue weighted by Crippen LogP contribution is 2.40. The van der Waals surface area contributed by atoms with Crippen LogP contribution in [0.4, 0.5) is 11.4 Å². The monoisotopic (exact) mass is 443 g/mol. The summed E-state index contributed by atoms with van der Waals surface area (Å²) in [7, 11) is 0. The van der Waals surface area contributed by atoms with Crippen LogP contribution in [-0.2, 0) is 0 Å². The quantitative estimate of drug-likeness (QED) is 0.285. The molecule has 2 N–H and O–H groups in total. The van der Waals surface area contributed by atoms with E-state index in [1.54, 1.807) is 6.07 Å². The Bertz CT molecular complexity index is 1620. The van der Waals surface area contributed by atoms with Crippen LogP contribution in [0, 0.1) is 0 Å². The summed E-state index contributed by atoms with van der Waals surface area (Å²) in [5.74, 6) is 0.273. The lowest BCUT2D eigenvalue weighted by molar-refractivity contribution is 0.477. The van der Waals surface area contributed by atoms with Crippen LogP contribution in [0.25, 0.3) is 42.4 Å². The highest BCUT2D eigenvalue weighted by molar-refractivity contribution is 7.25. The molecule has 0 unspecified atom stereocenters. The molecule has 0 bridgehead atoms. The van der Waals surface area contributed by atoms with Gasteiger partial charge in [0, 0.05) is 48.2 Å². The van der Waals surface area contributed by atoms with Gasteiger partial charge in [-0.05, 0) is 35.9 Å². The van der Waals surface area contributed by atoms with Crippen molar-refractivity contribution in [2.45, 2.75) is 0 Å². The van der Waals surface area contributed by atoms with Crippen molar-refractivity contribution in [3.8, 4) is 28.0 Å². The molecule has 1 aromatic heterocycles. The Morgan fingerprint density at radius 1 is 0.515 bits per heavy atom. The molecule has 0 atom stereocenters. The minimum Gasteiger partial charge on any atom is -0.507 e. The van der Waals surface area contributed by atoms with Gasteiger partial charge in [0.05, 0.1) is 0 Å². The summed E-state index contributed by atoms with van der Waals surface area (Å²) in [5.41, 5.74) is 6.08. The lowest BCUT2D eigenvalue weighted by Crippen LogP contribution is -1.95. The van der Waals surface area contributed by atoms with Crippen molar-refractivity contribution in [1.29, 1.82) is 0 Å². The van der Waals surface area contributed by atoms with Gasteiger partial charge in [-0.25, -0.2) is 0 Å². The molecule has 33 heavy (non-hydrogen) atoms. The first kappa shape index (κ1) is 19.6. The topological polar surface area (TPSA) is 32.3 Å². The maximum atomic E-state index is 10.4. The smallest absolute Gasteiger partial charge is 0.123 e. The third-order valence-electron chi connectivity index (χ3n) is 6.01. The third-order valence-corrected chi connectivity index (χ3v) is 7.14. The number of phenolic OH excluding ortho intramolecular Hbond substituents is 1. The fourth-order valence-corrected chi connectivity index (χ4v) is 5.56. The molecular formula is C30H21NOS. The highest BCUT2D eigenvalue weighted by atomic mass is 32.1. The predicted molar refractivity (Wildman–Crippen MR) is 142 cm³/mol. The standard InChI is InChI=1S/C30H21NOS/c32-28-15-7-3-11-23(28)22-10-2-6-14-27(22)31-26-13-5-1-9-21(26)20-17-18-25-24-12-4-8-16-29(24)33-30(25)19-20/h1-19,31-32H. The van der Waals surface area contributed by atoms with Crippen LogP contribution in [-0.4, -0.2) is 5.11 Å². The zero-order valence-electron chi connectivity index (χ0n) is 17.8. The van der Waals surface area contributed by atoms with Gasteiger partial charge in [0.25, 0.3) is 0 Å². The molecule has 0 aliphatic carbocycles. The SMILES string of the molecule is Oc1ccccc1-c1ccccc1Nc1ccccc1-c1ccc2c(c1)sc1ccccc12. The van der Waals surface area contributed by atoms with Crippen LogP contribution in [0.5, 0.6) is 5.75 Å². The third kappa shape index (κ3) is 3.53. The van der Waals surface area contributed by atoms with Crippen molar-refractivity contribution in [3.05, 3.63) is 115 Å². The van der Waals surface area contributed by atoms with Gasteiger partial charge in [-0.3, -0.25) is 0 Å². The number of para-hydroxylation sites is 3. The van der Waals surface area contributed by atoms with E-state index in [0.29, 0.717) is 0 Å².